The van der Waals surface area contributed by atoms with Gasteiger partial charge < -0.3 is 14.5 Å². The van der Waals surface area contributed by atoms with Crippen molar-refractivity contribution in [2.75, 3.05) is 32.7 Å². The Labute approximate surface area is 158 Å². The Balaban J connectivity index is 1.49. The Morgan fingerprint density at radius 1 is 1.15 bits per heavy atom. The van der Waals surface area contributed by atoms with E-state index in [2.05, 4.69) is 18.7 Å². The van der Waals surface area contributed by atoms with Crippen LogP contribution in [0.15, 0.2) is 24.3 Å². The molecule has 1 amide bonds. The van der Waals surface area contributed by atoms with Gasteiger partial charge in [-0.1, -0.05) is 24.6 Å². The summed E-state index contributed by atoms with van der Waals surface area (Å²) in [7, 11) is 0. The highest BCUT2D eigenvalue weighted by Crippen LogP contribution is 2.23. The minimum Gasteiger partial charge on any atom is -0.481 e. The molecular weight excluding hydrogens is 324 g/mol. The molecule has 1 aromatic rings. The second-order valence-electron chi connectivity index (χ2n) is 8.35. The Morgan fingerprint density at radius 3 is 2.54 bits per heavy atom. The number of ether oxygens (including phenoxy) is 1. The SMILES string of the molecule is Cc1ccc(OC(C)C(=O)N2CCCC(CN3CCC(C)CC3)C2)cc1. The van der Waals surface area contributed by atoms with E-state index in [1.165, 1.54) is 37.9 Å². The van der Waals surface area contributed by atoms with Crippen molar-refractivity contribution in [1.82, 2.24) is 9.80 Å². The topological polar surface area (TPSA) is 32.8 Å². The third-order valence-electron chi connectivity index (χ3n) is 5.90. The summed E-state index contributed by atoms with van der Waals surface area (Å²) in [6, 6.07) is 7.91. The van der Waals surface area contributed by atoms with Gasteiger partial charge in [-0.3, -0.25) is 4.79 Å². The first kappa shape index (κ1) is 19.2. The lowest BCUT2D eigenvalue weighted by Crippen LogP contribution is -2.48. The molecule has 0 aliphatic carbocycles. The average molecular weight is 359 g/mol. The molecule has 144 valence electrons. The van der Waals surface area contributed by atoms with Crippen molar-refractivity contribution < 1.29 is 9.53 Å². The molecule has 2 atom stereocenters. The standard InChI is InChI=1S/C22H34N2O2/c1-17-6-8-21(9-7-17)26-19(3)22(25)24-12-4-5-20(16-24)15-23-13-10-18(2)11-14-23/h6-9,18-20H,4-5,10-16H2,1-3H3. The van der Waals surface area contributed by atoms with E-state index in [0.29, 0.717) is 5.92 Å². The van der Waals surface area contributed by atoms with Gasteiger partial charge in [0.25, 0.3) is 5.91 Å². The zero-order chi connectivity index (χ0) is 18.5. The first-order valence-electron chi connectivity index (χ1n) is 10.3. The molecule has 2 aliphatic heterocycles. The minimum atomic E-state index is -0.424. The maximum absolute atomic E-state index is 12.8. The van der Waals surface area contributed by atoms with Crippen molar-refractivity contribution in [1.29, 1.82) is 0 Å². The predicted molar refractivity (Wildman–Crippen MR) is 105 cm³/mol. The van der Waals surface area contributed by atoms with E-state index in [4.69, 9.17) is 4.74 Å². The van der Waals surface area contributed by atoms with Gasteiger partial charge in [0, 0.05) is 19.6 Å². The van der Waals surface area contributed by atoms with Crippen LogP contribution in [0.25, 0.3) is 0 Å². The Morgan fingerprint density at radius 2 is 1.85 bits per heavy atom. The smallest absolute Gasteiger partial charge is 0.263 e. The summed E-state index contributed by atoms with van der Waals surface area (Å²) in [5.74, 6) is 2.37. The summed E-state index contributed by atoms with van der Waals surface area (Å²) in [6.45, 7) is 11.6. The van der Waals surface area contributed by atoms with Gasteiger partial charge in [0.15, 0.2) is 6.10 Å². The number of piperidine rings is 2. The van der Waals surface area contributed by atoms with Crippen molar-refractivity contribution in [3.05, 3.63) is 29.8 Å². The second-order valence-corrected chi connectivity index (χ2v) is 8.35. The lowest BCUT2D eigenvalue weighted by molar-refractivity contribution is -0.140. The largest absolute Gasteiger partial charge is 0.481 e. The van der Waals surface area contributed by atoms with Crippen LogP contribution in [0.3, 0.4) is 0 Å². The van der Waals surface area contributed by atoms with Crippen LogP contribution in [-0.4, -0.2) is 54.5 Å². The molecule has 0 bridgehead atoms. The third kappa shape index (κ3) is 5.23. The maximum Gasteiger partial charge on any atom is 0.263 e. The molecule has 2 fully saturated rings. The molecule has 2 saturated heterocycles. The van der Waals surface area contributed by atoms with Crippen molar-refractivity contribution in [3.63, 3.8) is 0 Å². The molecule has 4 nitrogen and oxygen atoms in total. The molecule has 0 aromatic heterocycles. The number of amides is 1. The number of nitrogens with zero attached hydrogens (tertiary/aromatic N) is 2. The average Bonchev–Trinajstić information content (AvgIpc) is 2.65. The molecule has 0 saturated carbocycles. The van der Waals surface area contributed by atoms with E-state index >= 15 is 0 Å². The molecule has 26 heavy (non-hydrogen) atoms. The molecule has 4 heteroatoms. The van der Waals surface area contributed by atoms with Crippen LogP contribution < -0.4 is 4.74 Å². The Hall–Kier alpha value is -1.55. The van der Waals surface area contributed by atoms with Crippen LogP contribution in [0.1, 0.15) is 45.1 Å². The highest BCUT2D eigenvalue weighted by atomic mass is 16.5. The third-order valence-corrected chi connectivity index (χ3v) is 5.90. The zero-order valence-electron chi connectivity index (χ0n) is 16.6. The highest BCUT2D eigenvalue weighted by Gasteiger charge is 2.29. The fraction of sp³-hybridized carbons (Fsp3) is 0.682. The fourth-order valence-corrected chi connectivity index (χ4v) is 4.15. The van der Waals surface area contributed by atoms with Crippen LogP contribution in [-0.2, 0) is 4.79 Å². The summed E-state index contributed by atoms with van der Waals surface area (Å²) in [4.78, 5) is 17.5. The van der Waals surface area contributed by atoms with E-state index in [1.807, 2.05) is 36.1 Å². The van der Waals surface area contributed by atoms with Gasteiger partial charge in [0.05, 0.1) is 0 Å². The molecule has 2 unspecified atom stereocenters. The Bertz CT molecular complexity index is 578. The maximum atomic E-state index is 12.8. The van der Waals surface area contributed by atoms with Crippen molar-refractivity contribution >= 4 is 5.91 Å². The number of benzene rings is 1. The van der Waals surface area contributed by atoms with E-state index in [1.54, 1.807) is 0 Å². The Kier molecular flexibility index (Phi) is 6.58. The summed E-state index contributed by atoms with van der Waals surface area (Å²) in [5.41, 5.74) is 1.20. The van der Waals surface area contributed by atoms with Crippen molar-refractivity contribution in [2.24, 2.45) is 11.8 Å². The van der Waals surface area contributed by atoms with Crippen LogP contribution in [0.4, 0.5) is 0 Å². The fourth-order valence-electron chi connectivity index (χ4n) is 4.15. The van der Waals surface area contributed by atoms with Crippen LogP contribution >= 0.6 is 0 Å². The van der Waals surface area contributed by atoms with Gasteiger partial charge in [-0.05, 0) is 76.6 Å². The van der Waals surface area contributed by atoms with Crippen LogP contribution in [0.2, 0.25) is 0 Å². The number of carbonyl (C=O) groups excluding carboxylic acids is 1. The quantitative estimate of drug-likeness (QED) is 0.804. The first-order chi connectivity index (χ1) is 12.5. The lowest BCUT2D eigenvalue weighted by atomic mass is 9.94. The molecule has 3 rings (SSSR count). The van der Waals surface area contributed by atoms with E-state index in [9.17, 15) is 4.79 Å². The summed E-state index contributed by atoms with van der Waals surface area (Å²) in [6.07, 6.45) is 4.56. The van der Waals surface area contributed by atoms with Crippen LogP contribution in [0, 0.1) is 18.8 Å². The predicted octanol–water partition coefficient (Wildman–Crippen LogP) is 3.73. The van der Waals surface area contributed by atoms with Gasteiger partial charge in [-0.25, -0.2) is 0 Å². The molecule has 0 spiro atoms. The van der Waals surface area contributed by atoms with Gasteiger partial charge in [0.2, 0.25) is 0 Å². The van der Waals surface area contributed by atoms with E-state index in [-0.39, 0.29) is 5.91 Å². The van der Waals surface area contributed by atoms with E-state index < -0.39 is 6.10 Å². The van der Waals surface area contributed by atoms with Crippen molar-refractivity contribution in [2.45, 2.75) is 52.6 Å². The molecule has 0 N–H and O–H groups in total. The normalized spacial score (nSPS) is 23.7. The van der Waals surface area contributed by atoms with Gasteiger partial charge >= 0.3 is 0 Å². The second kappa shape index (κ2) is 8.90. The minimum absolute atomic E-state index is 0.127. The number of carbonyl (C=O) groups is 1. The molecular formula is C22H34N2O2. The molecule has 1 aromatic carbocycles. The van der Waals surface area contributed by atoms with Crippen molar-refractivity contribution in [3.8, 4) is 5.75 Å². The summed E-state index contributed by atoms with van der Waals surface area (Å²) >= 11 is 0. The number of hydrogen-bond donors (Lipinski definition) is 0. The summed E-state index contributed by atoms with van der Waals surface area (Å²) in [5, 5.41) is 0. The lowest BCUT2D eigenvalue weighted by Gasteiger charge is -2.38. The van der Waals surface area contributed by atoms with Gasteiger partial charge in [0.1, 0.15) is 5.75 Å². The first-order valence-corrected chi connectivity index (χ1v) is 10.3. The van der Waals surface area contributed by atoms with Gasteiger partial charge in [-0.2, -0.15) is 0 Å². The number of likely N-dealkylation sites (tertiary alicyclic amines) is 2. The van der Waals surface area contributed by atoms with Crippen LogP contribution in [0.5, 0.6) is 5.75 Å². The monoisotopic (exact) mass is 358 g/mol. The zero-order valence-corrected chi connectivity index (χ0v) is 16.6. The van der Waals surface area contributed by atoms with E-state index in [0.717, 1.165) is 37.7 Å². The summed E-state index contributed by atoms with van der Waals surface area (Å²) < 4.78 is 5.88. The molecule has 0 radical (unpaired) electrons. The molecule has 2 heterocycles. The van der Waals surface area contributed by atoms with Gasteiger partial charge in [-0.15, -0.1) is 0 Å². The highest BCUT2D eigenvalue weighted by molar-refractivity contribution is 5.81. The number of rotatable bonds is 5. The number of aryl methyl sites for hydroxylation is 1. The molecule has 2 aliphatic rings. The number of hydrogen-bond acceptors (Lipinski definition) is 3.